The maximum Gasteiger partial charge on any atom is 0.235 e. The monoisotopic (exact) mass is 189 g/mol. The van der Waals surface area contributed by atoms with Crippen LogP contribution in [0.15, 0.2) is 0 Å². The summed E-state index contributed by atoms with van der Waals surface area (Å²) in [4.78, 5) is 10.9. The molecule has 0 unspecified atom stereocenters. The summed E-state index contributed by atoms with van der Waals surface area (Å²) in [5.74, 6) is 0.713. The fourth-order valence-electron chi connectivity index (χ4n) is 1.87. The Morgan fingerprint density at radius 2 is 2.17 bits per heavy atom. The van der Waals surface area contributed by atoms with E-state index in [1.54, 1.807) is 0 Å². The minimum Gasteiger partial charge on any atom is -0.352 e. The number of rotatable bonds is 3. The summed E-state index contributed by atoms with van der Waals surface area (Å²) < 4.78 is 0. The molecule has 0 aromatic heterocycles. The number of nitrogens with one attached hydrogen (secondary N) is 1. The van der Waals surface area contributed by atoms with E-state index < -0.39 is 0 Å². The number of hydrogen-bond donors (Lipinski definition) is 1. The van der Waals surface area contributed by atoms with Crippen molar-refractivity contribution < 1.29 is 4.79 Å². The van der Waals surface area contributed by atoms with Crippen molar-refractivity contribution in [2.45, 2.75) is 38.6 Å². The van der Waals surface area contributed by atoms with Crippen LogP contribution in [0.2, 0.25) is 0 Å². The van der Waals surface area contributed by atoms with Crippen molar-refractivity contribution in [2.75, 3.05) is 5.88 Å². The summed E-state index contributed by atoms with van der Waals surface area (Å²) >= 11 is 5.39. The molecule has 0 heterocycles. The first-order valence-corrected chi connectivity index (χ1v) is 5.13. The minimum atomic E-state index is -0.0453. The number of hydrogen-bond acceptors (Lipinski definition) is 1. The van der Waals surface area contributed by atoms with Gasteiger partial charge in [-0.1, -0.05) is 12.8 Å². The molecule has 0 aliphatic heterocycles. The predicted molar refractivity (Wildman–Crippen MR) is 50.3 cm³/mol. The second-order valence-corrected chi connectivity index (χ2v) is 3.80. The van der Waals surface area contributed by atoms with E-state index in [2.05, 4.69) is 12.2 Å². The first kappa shape index (κ1) is 9.85. The summed E-state index contributed by atoms with van der Waals surface area (Å²) in [7, 11) is 0. The summed E-state index contributed by atoms with van der Waals surface area (Å²) in [6.07, 6.45) is 5.13. The molecule has 1 saturated carbocycles. The van der Waals surface area contributed by atoms with Crippen molar-refractivity contribution in [1.29, 1.82) is 0 Å². The number of carbonyl (C=O) groups is 1. The van der Waals surface area contributed by atoms with E-state index in [4.69, 9.17) is 11.6 Å². The Hall–Kier alpha value is -0.240. The highest BCUT2D eigenvalue weighted by molar-refractivity contribution is 6.27. The van der Waals surface area contributed by atoms with Crippen LogP contribution in [-0.2, 0) is 4.79 Å². The van der Waals surface area contributed by atoms with Crippen LogP contribution < -0.4 is 5.32 Å². The first-order valence-electron chi connectivity index (χ1n) is 4.59. The standard InChI is InChI=1S/C9H16ClNO/c1-7(11-9(12)6-10)8-4-2-3-5-8/h7-8H,2-6H2,1H3,(H,11,12)/t7-/m0/s1. The van der Waals surface area contributed by atoms with Crippen molar-refractivity contribution in [3.05, 3.63) is 0 Å². The maximum absolute atomic E-state index is 10.9. The van der Waals surface area contributed by atoms with Gasteiger partial charge in [0.1, 0.15) is 5.88 Å². The molecule has 70 valence electrons. The molecule has 0 aromatic rings. The molecule has 1 aliphatic carbocycles. The van der Waals surface area contributed by atoms with E-state index in [0.717, 1.165) is 0 Å². The number of amides is 1. The quantitative estimate of drug-likeness (QED) is 0.676. The Morgan fingerprint density at radius 3 is 2.67 bits per heavy atom. The van der Waals surface area contributed by atoms with Crippen LogP contribution in [0.25, 0.3) is 0 Å². The van der Waals surface area contributed by atoms with Gasteiger partial charge in [0.2, 0.25) is 5.91 Å². The normalized spacial score (nSPS) is 20.8. The van der Waals surface area contributed by atoms with E-state index >= 15 is 0 Å². The SMILES string of the molecule is C[C@H](NC(=O)CCl)C1CCCC1. The van der Waals surface area contributed by atoms with Crippen molar-refractivity contribution in [3.63, 3.8) is 0 Å². The van der Waals surface area contributed by atoms with Gasteiger partial charge in [-0.3, -0.25) is 4.79 Å². The Kier molecular flexibility index (Phi) is 3.86. The van der Waals surface area contributed by atoms with E-state index in [1.807, 2.05) is 0 Å². The van der Waals surface area contributed by atoms with E-state index in [9.17, 15) is 4.79 Å². The van der Waals surface area contributed by atoms with E-state index in [1.165, 1.54) is 25.7 Å². The molecular formula is C9H16ClNO. The molecular weight excluding hydrogens is 174 g/mol. The highest BCUT2D eigenvalue weighted by Crippen LogP contribution is 2.27. The van der Waals surface area contributed by atoms with E-state index in [-0.39, 0.29) is 11.8 Å². The van der Waals surface area contributed by atoms with Gasteiger partial charge >= 0.3 is 0 Å². The molecule has 1 fully saturated rings. The lowest BCUT2D eigenvalue weighted by molar-refractivity contribution is -0.119. The van der Waals surface area contributed by atoms with Gasteiger partial charge in [0.25, 0.3) is 0 Å². The lowest BCUT2D eigenvalue weighted by atomic mass is 10.00. The lowest BCUT2D eigenvalue weighted by Gasteiger charge is -2.19. The molecule has 12 heavy (non-hydrogen) atoms. The van der Waals surface area contributed by atoms with Gasteiger partial charge in [-0.25, -0.2) is 0 Å². The van der Waals surface area contributed by atoms with Crippen molar-refractivity contribution in [1.82, 2.24) is 5.32 Å². The van der Waals surface area contributed by atoms with Crippen LogP contribution >= 0.6 is 11.6 Å². The molecule has 0 aromatic carbocycles. The lowest BCUT2D eigenvalue weighted by Crippen LogP contribution is -2.37. The highest BCUT2D eigenvalue weighted by atomic mass is 35.5. The Bertz CT molecular complexity index is 155. The van der Waals surface area contributed by atoms with Gasteiger partial charge in [-0.05, 0) is 25.7 Å². The fraction of sp³-hybridized carbons (Fsp3) is 0.889. The van der Waals surface area contributed by atoms with Crippen LogP contribution in [0.3, 0.4) is 0 Å². The average molecular weight is 190 g/mol. The summed E-state index contributed by atoms with van der Waals surface area (Å²) in [6, 6.07) is 0.304. The molecule has 2 nitrogen and oxygen atoms in total. The molecule has 3 heteroatoms. The molecule has 1 amide bonds. The van der Waals surface area contributed by atoms with Gasteiger partial charge < -0.3 is 5.32 Å². The van der Waals surface area contributed by atoms with E-state index in [0.29, 0.717) is 12.0 Å². The van der Waals surface area contributed by atoms with Crippen molar-refractivity contribution in [2.24, 2.45) is 5.92 Å². The Morgan fingerprint density at radius 1 is 1.58 bits per heavy atom. The highest BCUT2D eigenvalue weighted by Gasteiger charge is 2.22. The predicted octanol–water partition coefficient (Wildman–Crippen LogP) is 1.92. The Balaban J connectivity index is 2.26. The second kappa shape index (κ2) is 4.70. The summed E-state index contributed by atoms with van der Waals surface area (Å²) in [6.45, 7) is 2.07. The third-order valence-electron chi connectivity index (χ3n) is 2.62. The Labute approximate surface area is 78.7 Å². The zero-order chi connectivity index (χ0) is 8.97. The second-order valence-electron chi connectivity index (χ2n) is 3.53. The largest absolute Gasteiger partial charge is 0.352 e. The molecule has 1 N–H and O–H groups in total. The van der Waals surface area contributed by atoms with Crippen LogP contribution in [0, 0.1) is 5.92 Å². The molecule has 0 saturated heterocycles. The number of alkyl halides is 1. The summed E-state index contributed by atoms with van der Waals surface area (Å²) in [5, 5.41) is 2.90. The zero-order valence-electron chi connectivity index (χ0n) is 7.48. The van der Waals surface area contributed by atoms with Gasteiger partial charge in [-0.2, -0.15) is 0 Å². The third kappa shape index (κ3) is 2.67. The maximum atomic E-state index is 10.9. The van der Waals surface area contributed by atoms with Crippen LogP contribution in [0.4, 0.5) is 0 Å². The molecule has 0 spiro atoms. The van der Waals surface area contributed by atoms with Crippen LogP contribution in [-0.4, -0.2) is 17.8 Å². The molecule has 0 bridgehead atoms. The van der Waals surface area contributed by atoms with Gasteiger partial charge in [-0.15, -0.1) is 11.6 Å². The first-order chi connectivity index (χ1) is 5.74. The van der Waals surface area contributed by atoms with Gasteiger partial charge in [0.05, 0.1) is 0 Å². The molecule has 1 rings (SSSR count). The van der Waals surface area contributed by atoms with Gasteiger partial charge in [0.15, 0.2) is 0 Å². The molecule has 1 aliphatic rings. The number of carbonyl (C=O) groups excluding carboxylic acids is 1. The van der Waals surface area contributed by atoms with Crippen molar-refractivity contribution in [3.8, 4) is 0 Å². The average Bonchev–Trinajstić information content (AvgIpc) is 2.56. The smallest absolute Gasteiger partial charge is 0.235 e. The van der Waals surface area contributed by atoms with Crippen LogP contribution in [0.1, 0.15) is 32.6 Å². The van der Waals surface area contributed by atoms with Gasteiger partial charge in [0, 0.05) is 6.04 Å². The van der Waals surface area contributed by atoms with Crippen molar-refractivity contribution >= 4 is 17.5 Å². The molecule has 0 radical (unpaired) electrons. The topological polar surface area (TPSA) is 29.1 Å². The zero-order valence-corrected chi connectivity index (χ0v) is 8.23. The molecule has 1 atom stereocenters. The number of halogens is 1. The minimum absolute atomic E-state index is 0.0453. The third-order valence-corrected chi connectivity index (χ3v) is 2.86. The summed E-state index contributed by atoms with van der Waals surface area (Å²) in [5.41, 5.74) is 0. The fourth-order valence-corrected chi connectivity index (χ4v) is 1.94. The van der Waals surface area contributed by atoms with Crippen LogP contribution in [0.5, 0.6) is 0 Å².